The molecule has 2 amide bonds. The zero-order valence-corrected chi connectivity index (χ0v) is 21.2. The molecule has 2 rings (SSSR count). The number of nitrogens with zero attached hydrogens (tertiary/aromatic N) is 1. The Morgan fingerprint density at radius 1 is 1.03 bits per heavy atom. The van der Waals surface area contributed by atoms with Crippen LogP contribution in [0.25, 0.3) is 0 Å². The molecule has 0 heterocycles. The van der Waals surface area contributed by atoms with Gasteiger partial charge in [-0.1, -0.05) is 0 Å². The second kappa shape index (κ2) is 14.0. The summed E-state index contributed by atoms with van der Waals surface area (Å²) in [5, 5.41) is 6.63. The van der Waals surface area contributed by atoms with Gasteiger partial charge < -0.3 is 24.3 Å². The quantitative estimate of drug-likeness (QED) is 0.170. The number of anilines is 1. The average Bonchev–Trinajstić information content (AvgIpc) is 2.82. The van der Waals surface area contributed by atoms with Crippen molar-refractivity contribution in [2.45, 2.75) is 19.8 Å². The molecule has 10 nitrogen and oxygen atoms in total. The minimum absolute atomic E-state index is 0.00556. The van der Waals surface area contributed by atoms with Gasteiger partial charge in [-0.2, -0.15) is 5.10 Å². The predicted octanol–water partition coefficient (Wildman–Crippen LogP) is 3.12. The molecule has 2 aromatic rings. The first-order valence-corrected chi connectivity index (χ1v) is 11.4. The first-order valence-electron chi connectivity index (χ1n) is 10.3. The number of halogens is 1. The van der Waals surface area contributed by atoms with E-state index in [-0.39, 0.29) is 32.0 Å². The molecule has 0 spiro atoms. The van der Waals surface area contributed by atoms with Crippen LogP contribution in [-0.4, -0.2) is 51.4 Å². The minimum atomic E-state index is -0.480. The van der Waals surface area contributed by atoms with E-state index in [1.165, 1.54) is 13.3 Å². The Kier molecular flexibility index (Phi) is 11.1. The fourth-order valence-corrected chi connectivity index (χ4v) is 3.43. The van der Waals surface area contributed by atoms with Gasteiger partial charge in [-0.05, 0) is 71.5 Å². The number of benzene rings is 2. The van der Waals surface area contributed by atoms with Gasteiger partial charge in [0.05, 0.1) is 30.6 Å². The van der Waals surface area contributed by atoms with E-state index in [2.05, 4.69) is 15.8 Å². The lowest BCUT2D eigenvalue weighted by atomic mass is 10.2. The number of methoxy groups -OCH3 is 2. The summed E-state index contributed by atoms with van der Waals surface area (Å²) in [7, 11) is 3.03. The molecule has 0 aromatic heterocycles. The van der Waals surface area contributed by atoms with Crippen molar-refractivity contribution < 1.29 is 33.3 Å². The lowest BCUT2D eigenvalue weighted by Crippen LogP contribution is -2.20. The Bertz CT molecular complexity index is 1030. The van der Waals surface area contributed by atoms with Crippen LogP contribution in [0.4, 0.5) is 5.69 Å². The van der Waals surface area contributed by atoms with Gasteiger partial charge in [0, 0.05) is 18.5 Å². The lowest BCUT2D eigenvalue weighted by molar-refractivity contribution is -0.145. The maximum Gasteiger partial charge on any atom is 0.344 e. The van der Waals surface area contributed by atoms with E-state index in [1.54, 1.807) is 50.4 Å². The SMILES string of the molecule is CCOC(=O)COc1c(I)cc(C=NNC(=O)CCC(=O)Nc2ccc(OC)cc2)cc1OC. The first-order chi connectivity index (χ1) is 16.4. The number of amides is 2. The van der Waals surface area contributed by atoms with Crippen LogP contribution in [0.3, 0.4) is 0 Å². The molecule has 0 saturated heterocycles. The molecule has 0 radical (unpaired) electrons. The molecule has 2 N–H and O–H groups in total. The zero-order chi connectivity index (χ0) is 24.9. The van der Waals surface area contributed by atoms with Crippen LogP contribution in [0, 0.1) is 3.57 Å². The second-order valence-corrected chi connectivity index (χ2v) is 7.86. The average molecular weight is 583 g/mol. The molecule has 2 aromatic carbocycles. The van der Waals surface area contributed by atoms with Crippen LogP contribution in [-0.2, 0) is 19.1 Å². The maximum absolute atomic E-state index is 12.0. The number of ether oxygens (including phenoxy) is 4. The number of carbonyl (C=O) groups excluding carboxylic acids is 3. The Labute approximate surface area is 211 Å². The summed E-state index contributed by atoms with van der Waals surface area (Å²) in [4.78, 5) is 35.6. The van der Waals surface area contributed by atoms with E-state index in [1.807, 2.05) is 22.6 Å². The van der Waals surface area contributed by atoms with E-state index in [4.69, 9.17) is 18.9 Å². The van der Waals surface area contributed by atoms with Crippen LogP contribution in [0.1, 0.15) is 25.3 Å². The third kappa shape index (κ3) is 8.89. The Hall–Kier alpha value is -3.35. The van der Waals surface area contributed by atoms with E-state index in [0.29, 0.717) is 32.1 Å². The summed E-state index contributed by atoms with van der Waals surface area (Å²) >= 11 is 2.04. The number of hydrazone groups is 1. The highest BCUT2D eigenvalue weighted by molar-refractivity contribution is 14.1. The van der Waals surface area contributed by atoms with Gasteiger partial charge in [0.15, 0.2) is 18.1 Å². The molecular formula is C23H26IN3O7. The van der Waals surface area contributed by atoms with E-state index in [9.17, 15) is 14.4 Å². The molecule has 182 valence electrons. The van der Waals surface area contributed by atoms with Crippen molar-refractivity contribution in [2.75, 3.05) is 32.8 Å². The standard InChI is InChI=1S/C23H26IN3O7/c1-4-33-22(30)14-34-23-18(24)11-15(12-19(23)32-3)13-25-27-21(29)10-9-20(28)26-16-5-7-17(31-2)8-6-16/h5-8,11-13H,4,9-10,14H2,1-3H3,(H,26,28)(H,27,29). The fourth-order valence-electron chi connectivity index (χ4n) is 2.65. The summed E-state index contributed by atoms with van der Waals surface area (Å²) in [6.45, 7) is 1.74. The van der Waals surface area contributed by atoms with Crippen molar-refractivity contribution in [3.63, 3.8) is 0 Å². The summed E-state index contributed by atoms with van der Waals surface area (Å²) < 4.78 is 21.4. The number of rotatable bonds is 12. The van der Waals surface area contributed by atoms with Gasteiger partial charge in [0.2, 0.25) is 11.8 Å². The van der Waals surface area contributed by atoms with Crippen molar-refractivity contribution in [3.05, 3.63) is 45.5 Å². The molecule has 0 aliphatic rings. The normalized spacial score (nSPS) is 10.5. The number of esters is 1. The molecule has 0 fully saturated rings. The van der Waals surface area contributed by atoms with Crippen molar-refractivity contribution >= 4 is 52.3 Å². The van der Waals surface area contributed by atoms with Crippen molar-refractivity contribution in [2.24, 2.45) is 5.10 Å². The van der Waals surface area contributed by atoms with Gasteiger partial charge in [-0.25, -0.2) is 10.2 Å². The summed E-state index contributed by atoms with van der Waals surface area (Å²) in [5.41, 5.74) is 3.64. The van der Waals surface area contributed by atoms with Crippen LogP contribution in [0.15, 0.2) is 41.5 Å². The molecule has 0 unspecified atom stereocenters. The highest BCUT2D eigenvalue weighted by Crippen LogP contribution is 2.33. The number of hydrogen-bond donors (Lipinski definition) is 2. The zero-order valence-electron chi connectivity index (χ0n) is 19.1. The Morgan fingerprint density at radius 3 is 2.38 bits per heavy atom. The maximum atomic E-state index is 12.0. The molecule has 0 atom stereocenters. The van der Waals surface area contributed by atoms with Crippen molar-refractivity contribution in [1.29, 1.82) is 0 Å². The predicted molar refractivity (Wildman–Crippen MR) is 134 cm³/mol. The molecule has 0 aliphatic carbocycles. The first kappa shape index (κ1) is 26.9. The van der Waals surface area contributed by atoms with Crippen molar-refractivity contribution in [1.82, 2.24) is 5.43 Å². The highest BCUT2D eigenvalue weighted by atomic mass is 127. The van der Waals surface area contributed by atoms with Gasteiger partial charge in [0.25, 0.3) is 0 Å². The number of hydrogen-bond acceptors (Lipinski definition) is 8. The molecule has 34 heavy (non-hydrogen) atoms. The van der Waals surface area contributed by atoms with Gasteiger partial charge >= 0.3 is 5.97 Å². The molecular weight excluding hydrogens is 557 g/mol. The van der Waals surface area contributed by atoms with E-state index < -0.39 is 11.9 Å². The Morgan fingerprint density at radius 2 is 1.74 bits per heavy atom. The summed E-state index contributed by atoms with van der Waals surface area (Å²) in [6.07, 6.45) is 1.42. The summed E-state index contributed by atoms with van der Waals surface area (Å²) in [6, 6.07) is 10.3. The van der Waals surface area contributed by atoms with Crippen molar-refractivity contribution in [3.8, 4) is 17.2 Å². The fraction of sp³-hybridized carbons (Fsp3) is 0.304. The van der Waals surface area contributed by atoms with Crippen LogP contribution in [0.5, 0.6) is 17.2 Å². The molecule has 0 saturated carbocycles. The number of nitrogens with one attached hydrogen (secondary N) is 2. The van der Waals surface area contributed by atoms with Crippen LogP contribution in [0.2, 0.25) is 0 Å². The second-order valence-electron chi connectivity index (χ2n) is 6.70. The summed E-state index contributed by atoms with van der Waals surface area (Å²) in [5.74, 6) is 0.311. The van der Waals surface area contributed by atoms with Crippen LogP contribution >= 0.6 is 22.6 Å². The minimum Gasteiger partial charge on any atom is -0.497 e. The van der Waals surface area contributed by atoms with Gasteiger partial charge in [-0.15, -0.1) is 0 Å². The highest BCUT2D eigenvalue weighted by Gasteiger charge is 2.14. The van der Waals surface area contributed by atoms with E-state index in [0.717, 1.165) is 0 Å². The van der Waals surface area contributed by atoms with Gasteiger partial charge in [0.1, 0.15) is 5.75 Å². The third-order valence-corrected chi connectivity index (χ3v) is 5.05. The van der Waals surface area contributed by atoms with Gasteiger partial charge in [-0.3, -0.25) is 9.59 Å². The monoisotopic (exact) mass is 583 g/mol. The van der Waals surface area contributed by atoms with E-state index >= 15 is 0 Å². The Balaban J connectivity index is 1.85. The molecule has 0 bridgehead atoms. The smallest absolute Gasteiger partial charge is 0.344 e. The third-order valence-electron chi connectivity index (χ3n) is 4.25. The largest absolute Gasteiger partial charge is 0.497 e. The molecule has 0 aliphatic heterocycles. The topological polar surface area (TPSA) is 125 Å². The number of carbonyl (C=O) groups is 3. The molecule has 11 heteroatoms. The lowest BCUT2D eigenvalue weighted by Gasteiger charge is -2.13. The van der Waals surface area contributed by atoms with Crippen LogP contribution < -0.4 is 25.0 Å².